The second-order valence-electron chi connectivity index (χ2n) is 5.36. The first-order valence-electron chi connectivity index (χ1n) is 7.29. The lowest BCUT2D eigenvalue weighted by atomic mass is 9.76. The minimum absolute atomic E-state index is 0.00906. The Kier molecular flexibility index (Phi) is 4.83. The summed E-state index contributed by atoms with van der Waals surface area (Å²) < 4.78 is 5.21. The van der Waals surface area contributed by atoms with Crippen molar-refractivity contribution in [1.29, 1.82) is 0 Å². The van der Waals surface area contributed by atoms with Crippen LogP contribution >= 0.6 is 0 Å². The van der Waals surface area contributed by atoms with Gasteiger partial charge in [-0.25, -0.2) is 0 Å². The summed E-state index contributed by atoms with van der Waals surface area (Å²) in [5, 5.41) is 3.22. The summed E-state index contributed by atoms with van der Waals surface area (Å²) in [7, 11) is 1.67. The molecule has 2 rings (SSSR count). The predicted octanol–water partition coefficient (Wildman–Crippen LogP) is 3.55. The first-order chi connectivity index (χ1) is 9.70. The number of nitrogens with one attached hydrogen (secondary N) is 1. The van der Waals surface area contributed by atoms with E-state index in [1.54, 1.807) is 19.3 Å². The van der Waals surface area contributed by atoms with Crippen LogP contribution < -0.4 is 10.1 Å². The molecule has 0 spiro atoms. The molecule has 108 valence electrons. The molecule has 0 radical (unpaired) electrons. The van der Waals surface area contributed by atoms with Crippen LogP contribution in [-0.2, 0) is 10.3 Å². The van der Waals surface area contributed by atoms with Gasteiger partial charge in [-0.05, 0) is 43.5 Å². The Morgan fingerprint density at radius 1 is 1.20 bits per heavy atom. The summed E-state index contributed by atoms with van der Waals surface area (Å²) in [6, 6.07) is 8.07. The molecule has 0 aliphatic heterocycles. The number of benzene rings is 1. The molecule has 0 unspecified atom stereocenters. The van der Waals surface area contributed by atoms with Crippen LogP contribution in [0.4, 0.5) is 0 Å². The van der Waals surface area contributed by atoms with E-state index in [1.165, 1.54) is 12.0 Å². The predicted molar refractivity (Wildman–Crippen MR) is 80.7 cm³/mol. The van der Waals surface area contributed by atoms with E-state index in [4.69, 9.17) is 4.74 Å². The number of carbonyl (C=O) groups excluding carboxylic acids is 1. The Morgan fingerprint density at radius 2 is 1.85 bits per heavy atom. The fourth-order valence-corrected chi connectivity index (χ4v) is 2.98. The molecular formula is C17H23NO2. The van der Waals surface area contributed by atoms with Crippen LogP contribution in [0.25, 0.3) is 0 Å². The van der Waals surface area contributed by atoms with Crippen molar-refractivity contribution in [2.75, 3.05) is 7.11 Å². The van der Waals surface area contributed by atoms with Crippen molar-refractivity contribution in [3.63, 3.8) is 0 Å². The van der Waals surface area contributed by atoms with E-state index in [-0.39, 0.29) is 11.4 Å². The topological polar surface area (TPSA) is 38.3 Å². The lowest BCUT2D eigenvalue weighted by molar-refractivity contribution is -0.119. The van der Waals surface area contributed by atoms with E-state index >= 15 is 0 Å². The molecule has 0 saturated heterocycles. The summed E-state index contributed by atoms with van der Waals surface area (Å²) in [4.78, 5) is 12.0. The molecule has 20 heavy (non-hydrogen) atoms. The Hall–Kier alpha value is -1.77. The monoisotopic (exact) mass is 273 g/mol. The molecule has 1 fully saturated rings. The molecule has 0 atom stereocenters. The molecule has 0 bridgehead atoms. The number of allylic oxidation sites excluding steroid dienone is 1. The third-order valence-electron chi connectivity index (χ3n) is 4.03. The highest BCUT2D eigenvalue weighted by molar-refractivity contribution is 5.88. The lowest BCUT2D eigenvalue weighted by Crippen LogP contribution is -2.46. The Bertz CT molecular complexity index is 470. The fourth-order valence-electron chi connectivity index (χ4n) is 2.98. The number of ether oxygens (including phenoxy) is 1. The third kappa shape index (κ3) is 3.21. The van der Waals surface area contributed by atoms with E-state index in [1.807, 2.05) is 19.1 Å². The van der Waals surface area contributed by atoms with Crippen LogP contribution in [0.15, 0.2) is 36.4 Å². The smallest absolute Gasteiger partial charge is 0.244 e. The maximum Gasteiger partial charge on any atom is 0.244 e. The number of amides is 1. The van der Waals surface area contributed by atoms with Crippen molar-refractivity contribution in [3.8, 4) is 5.75 Å². The highest BCUT2D eigenvalue weighted by Crippen LogP contribution is 2.37. The van der Waals surface area contributed by atoms with Gasteiger partial charge >= 0.3 is 0 Å². The van der Waals surface area contributed by atoms with Gasteiger partial charge in [0.25, 0.3) is 0 Å². The lowest BCUT2D eigenvalue weighted by Gasteiger charge is -2.38. The summed E-state index contributed by atoms with van der Waals surface area (Å²) in [6.07, 6.45) is 8.94. The van der Waals surface area contributed by atoms with Crippen molar-refractivity contribution in [1.82, 2.24) is 5.32 Å². The van der Waals surface area contributed by atoms with Crippen LogP contribution in [0.1, 0.15) is 44.6 Å². The van der Waals surface area contributed by atoms with E-state index in [0.717, 1.165) is 31.4 Å². The van der Waals surface area contributed by atoms with Crippen LogP contribution in [-0.4, -0.2) is 13.0 Å². The summed E-state index contributed by atoms with van der Waals surface area (Å²) >= 11 is 0. The van der Waals surface area contributed by atoms with Crippen molar-refractivity contribution in [3.05, 3.63) is 42.0 Å². The summed E-state index contributed by atoms with van der Waals surface area (Å²) in [5.41, 5.74) is 0.956. The number of methoxy groups -OCH3 is 1. The highest BCUT2D eigenvalue weighted by Gasteiger charge is 2.34. The molecule has 1 aliphatic carbocycles. The van der Waals surface area contributed by atoms with E-state index in [9.17, 15) is 4.79 Å². The molecular weight excluding hydrogens is 250 g/mol. The van der Waals surface area contributed by atoms with E-state index in [2.05, 4.69) is 17.4 Å². The van der Waals surface area contributed by atoms with E-state index in [0.29, 0.717) is 0 Å². The molecule has 3 nitrogen and oxygen atoms in total. The second kappa shape index (κ2) is 6.60. The molecule has 3 heteroatoms. The zero-order valence-electron chi connectivity index (χ0n) is 12.3. The average molecular weight is 273 g/mol. The Labute approximate surface area is 121 Å². The molecule has 0 heterocycles. The highest BCUT2D eigenvalue weighted by atomic mass is 16.5. The maximum absolute atomic E-state index is 12.0. The van der Waals surface area contributed by atoms with Gasteiger partial charge in [0, 0.05) is 0 Å². The Balaban J connectivity index is 2.27. The second-order valence-corrected chi connectivity index (χ2v) is 5.36. The van der Waals surface area contributed by atoms with Crippen LogP contribution in [0, 0.1) is 0 Å². The number of hydrogen-bond acceptors (Lipinski definition) is 2. The quantitative estimate of drug-likeness (QED) is 0.852. The van der Waals surface area contributed by atoms with Crippen molar-refractivity contribution in [2.24, 2.45) is 0 Å². The van der Waals surface area contributed by atoms with Gasteiger partial charge in [-0.1, -0.05) is 37.5 Å². The Morgan fingerprint density at radius 3 is 2.40 bits per heavy atom. The summed E-state index contributed by atoms with van der Waals surface area (Å²) in [6.45, 7) is 1.86. The van der Waals surface area contributed by atoms with E-state index < -0.39 is 0 Å². The molecule has 1 aliphatic rings. The normalized spacial score (nSPS) is 17.9. The molecule has 1 N–H and O–H groups in total. The third-order valence-corrected chi connectivity index (χ3v) is 4.03. The van der Waals surface area contributed by atoms with Gasteiger partial charge in [0.15, 0.2) is 0 Å². The largest absolute Gasteiger partial charge is 0.497 e. The first kappa shape index (κ1) is 14.6. The van der Waals surface area contributed by atoms with Gasteiger partial charge in [-0.3, -0.25) is 4.79 Å². The molecule has 1 aromatic rings. The summed E-state index contributed by atoms with van der Waals surface area (Å²) in [5.74, 6) is 0.838. The molecule has 1 amide bonds. The SMILES string of the molecule is C/C=C/C(=O)NC1(c2ccc(OC)cc2)CCCCC1. The fraction of sp³-hybridized carbons (Fsp3) is 0.471. The molecule has 0 aromatic heterocycles. The molecule has 1 aromatic carbocycles. The van der Waals surface area contributed by atoms with Crippen molar-refractivity contribution in [2.45, 2.75) is 44.6 Å². The van der Waals surface area contributed by atoms with Gasteiger partial charge in [-0.2, -0.15) is 0 Å². The number of rotatable bonds is 4. The maximum atomic E-state index is 12.0. The first-order valence-corrected chi connectivity index (χ1v) is 7.29. The van der Waals surface area contributed by atoms with Crippen LogP contribution in [0.2, 0.25) is 0 Å². The van der Waals surface area contributed by atoms with Crippen LogP contribution in [0.3, 0.4) is 0 Å². The minimum Gasteiger partial charge on any atom is -0.497 e. The number of hydrogen-bond donors (Lipinski definition) is 1. The zero-order chi connectivity index (χ0) is 14.4. The van der Waals surface area contributed by atoms with Crippen molar-refractivity contribution < 1.29 is 9.53 Å². The standard InChI is InChI=1S/C17H23NO2/c1-3-7-16(19)18-17(12-5-4-6-13-17)14-8-10-15(20-2)11-9-14/h3,7-11H,4-6,12-13H2,1-2H3,(H,18,19)/b7-3+. The van der Waals surface area contributed by atoms with Gasteiger partial charge < -0.3 is 10.1 Å². The van der Waals surface area contributed by atoms with Gasteiger partial charge in [0.2, 0.25) is 5.91 Å². The average Bonchev–Trinajstić information content (AvgIpc) is 2.48. The van der Waals surface area contributed by atoms with Gasteiger partial charge in [0.1, 0.15) is 5.75 Å². The zero-order valence-corrected chi connectivity index (χ0v) is 12.3. The molecule has 1 saturated carbocycles. The van der Waals surface area contributed by atoms with Gasteiger partial charge in [-0.15, -0.1) is 0 Å². The van der Waals surface area contributed by atoms with Crippen molar-refractivity contribution >= 4 is 5.91 Å². The van der Waals surface area contributed by atoms with Crippen LogP contribution in [0.5, 0.6) is 5.75 Å². The minimum atomic E-state index is -0.221. The van der Waals surface area contributed by atoms with Gasteiger partial charge in [0.05, 0.1) is 12.6 Å². The number of carbonyl (C=O) groups is 1.